The van der Waals surface area contributed by atoms with E-state index in [0.717, 1.165) is 11.4 Å². The average molecular weight is 320 g/mol. The van der Waals surface area contributed by atoms with Crippen LogP contribution < -0.4 is 5.73 Å². The van der Waals surface area contributed by atoms with Crippen molar-refractivity contribution in [2.75, 3.05) is 19.4 Å². The summed E-state index contributed by atoms with van der Waals surface area (Å²) in [4.78, 5) is 10.8. The molecule has 2 rings (SSSR count). The Balaban J connectivity index is 2.47. The van der Waals surface area contributed by atoms with E-state index in [0.29, 0.717) is 18.6 Å². The summed E-state index contributed by atoms with van der Waals surface area (Å²) in [5.41, 5.74) is 4.81. The van der Waals surface area contributed by atoms with Crippen molar-refractivity contribution in [3.8, 4) is 0 Å². The summed E-state index contributed by atoms with van der Waals surface area (Å²) in [5, 5.41) is 0. The van der Waals surface area contributed by atoms with Gasteiger partial charge in [-0.1, -0.05) is 0 Å². The molecule has 0 aliphatic carbocycles. The van der Waals surface area contributed by atoms with E-state index in [4.69, 9.17) is 5.73 Å². The van der Waals surface area contributed by atoms with E-state index >= 15 is 0 Å². The predicted molar refractivity (Wildman–Crippen MR) is 69.7 cm³/mol. The van der Waals surface area contributed by atoms with Gasteiger partial charge in [0.25, 0.3) is 0 Å². The molecule has 116 valence electrons. The van der Waals surface area contributed by atoms with Gasteiger partial charge in [0.2, 0.25) is 10.0 Å². The maximum Gasteiger partial charge on any atom is 0.324 e. The first kappa shape index (κ1) is 15.6. The van der Waals surface area contributed by atoms with Gasteiger partial charge in [-0.25, -0.2) is 17.2 Å². The van der Waals surface area contributed by atoms with Crippen LogP contribution in [0.1, 0.15) is 12.8 Å². The van der Waals surface area contributed by atoms with Gasteiger partial charge in [0.15, 0.2) is 0 Å². The lowest BCUT2D eigenvalue weighted by Gasteiger charge is -2.22. The van der Waals surface area contributed by atoms with Gasteiger partial charge < -0.3 is 10.5 Å². The van der Waals surface area contributed by atoms with Crippen LogP contribution in [0.3, 0.4) is 0 Å². The summed E-state index contributed by atoms with van der Waals surface area (Å²) < 4.78 is 57.2. The molecule has 1 aromatic carbocycles. The zero-order valence-corrected chi connectivity index (χ0v) is 12.0. The smallest absolute Gasteiger partial charge is 0.324 e. The monoisotopic (exact) mass is 320 g/mol. The first-order valence-electron chi connectivity index (χ1n) is 6.13. The van der Waals surface area contributed by atoms with Crippen LogP contribution in [0.4, 0.5) is 14.5 Å². The third kappa shape index (κ3) is 2.70. The Labute approximate surface area is 120 Å². The standard InChI is InChI=1S/C12H14F2N2O4S/c1-20-12(17)10-3-2-4-16(10)21(18,19)11-6-9(15)7(13)5-8(11)14/h5-6,10H,2-4,15H2,1H3. The number of halogens is 2. The summed E-state index contributed by atoms with van der Waals surface area (Å²) >= 11 is 0. The summed E-state index contributed by atoms with van der Waals surface area (Å²) in [6, 6.07) is 0.114. The van der Waals surface area contributed by atoms with Crippen LogP contribution in [0.25, 0.3) is 0 Å². The van der Waals surface area contributed by atoms with Crippen LogP contribution in [0.2, 0.25) is 0 Å². The Kier molecular flexibility index (Phi) is 4.15. The lowest BCUT2D eigenvalue weighted by atomic mass is 10.2. The number of hydrogen-bond donors (Lipinski definition) is 1. The highest BCUT2D eigenvalue weighted by molar-refractivity contribution is 7.89. The SMILES string of the molecule is COC(=O)C1CCCN1S(=O)(=O)c1cc(N)c(F)cc1F. The number of carbonyl (C=O) groups excluding carboxylic acids is 1. The van der Waals surface area contributed by atoms with Crippen LogP contribution in [0.15, 0.2) is 17.0 Å². The van der Waals surface area contributed by atoms with E-state index in [-0.39, 0.29) is 13.0 Å². The largest absolute Gasteiger partial charge is 0.468 e. The lowest BCUT2D eigenvalue weighted by Crippen LogP contribution is -2.41. The number of rotatable bonds is 3. The number of nitrogens with two attached hydrogens (primary N) is 1. The molecule has 1 atom stereocenters. The van der Waals surface area contributed by atoms with Gasteiger partial charge >= 0.3 is 5.97 Å². The molecular weight excluding hydrogens is 306 g/mol. The summed E-state index contributed by atoms with van der Waals surface area (Å²) in [6.45, 7) is 0.0544. The maximum atomic E-state index is 13.8. The van der Waals surface area contributed by atoms with E-state index < -0.39 is 44.3 Å². The third-order valence-corrected chi connectivity index (χ3v) is 5.24. The van der Waals surface area contributed by atoms with Crippen molar-refractivity contribution < 1.29 is 26.7 Å². The fraction of sp³-hybridized carbons (Fsp3) is 0.417. The molecule has 1 fully saturated rings. The lowest BCUT2D eigenvalue weighted by molar-refractivity contribution is -0.144. The second kappa shape index (κ2) is 5.57. The summed E-state index contributed by atoms with van der Waals surface area (Å²) in [6.07, 6.45) is 0.724. The number of hydrogen-bond acceptors (Lipinski definition) is 5. The Bertz CT molecular complexity index is 678. The molecule has 6 nitrogen and oxygen atoms in total. The van der Waals surface area contributed by atoms with Gasteiger partial charge in [-0.2, -0.15) is 4.31 Å². The number of nitrogens with zero attached hydrogens (tertiary/aromatic N) is 1. The second-order valence-electron chi connectivity index (χ2n) is 4.60. The van der Waals surface area contributed by atoms with Crippen molar-refractivity contribution in [2.45, 2.75) is 23.8 Å². The van der Waals surface area contributed by atoms with Crippen molar-refractivity contribution in [2.24, 2.45) is 0 Å². The van der Waals surface area contributed by atoms with Crippen LogP contribution in [0.5, 0.6) is 0 Å². The minimum absolute atomic E-state index is 0.0544. The third-order valence-electron chi connectivity index (χ3n) is 3.31. The first-order valence-corrected chi connectivity index (χ1v) is 7.57. The molecular formula is C12H14F2N2O4S. The highest BCUT2D eigenvalue weighted by Crippen LogP contribution is 2.30. The molecule has 1 saturated heterocycles. The Morgan fingerprint density at radius 1 is 1.38 bits per heavy atom. The fourth-order valence-corrected chi connectivity index (χ4v) is 4.00. The topological polar surface area (TPSA) is 89.7 Å². The second-order valence-corrected chi connectivity index (χ2v) is 6.46. The fourth-order valence-electron chi connectivity index (χ4n) is 2.27. The van der Waals surface area contributed by atoms with Gasteiger partial charge in [0.1, 0.15) is 22.6 Å². The molecule has 2 N–H and O–H groups in total. The number of methoxy groups -OCH3 is 1. The number of ether oxygens (including phenoxy) is 1. The predicted octanol–water partition coefficient (Wildman–Crippen LogP) is 0.873. The minimum atomic E-state index is -4.30. The van der Waals surface area contributed by atoms with Crippen molar-refractivity contribution in [3.63, 3.8) is 0 Å². The molecule has 0 amide bonds. The average Bonchev–Trinajstić information content (AvgIpc) is 2.91. The number of anilines is 1. The molecule has 0 radical (unpaired) electrons. The molecule has 0 aromatic heterocycles. The normalized spacial score (nSPS) is 19.7. The summed E-state index contributed by atoms with van der Waals surface area (Å²) in [7, 11) is -3.16. The van der Waals surface area contributed by atoms with E-state index in [1.807, 2.05) is 0 Å². The molecule has 1 aromatic rings. The molecule has 1 aliphatic rings. The van der Waals surface area contributed by atoms with Gasteiger partial charge in [0.05, 0.1) is 12.8 Å². The zero-order chi connectivity index (χ0) is 15.8. The molecule has 0 spiro atoms. The van der Waals surface area contributed by atoms with Gasteiger partial charge in [-0.3, -0.25) is 4.79 Å². The van der Waals surface area contributed by atoms with Crippen LogP contribution in [0, 0.1) is 11.6 Å². The Morgan fingerprint density at radius 2 is 2.05 bits per heavy atom. The summed E-state index contributed by atoms with van der Waals surface area (Å²) in [5.74, 6) is -3.01. The minimum Gasteiger partial charge on any atom is -0.468 e. The van der Waals surface area contributed by atoms with Crippen molar-refractivity contribution in [1.82, 2.24) is 4.31 Å². The van der Waals surface area contributed by atoms with Gasteiger partial charge in [-0.05, 0) is 18.9 Å². The number of carbonyl (C=O) groups is 1. The number of sulfonamides is 1. The molecule has 1 aliphatic heterocycles. The highest BCUT2D eigenvalue weighted by Gasteiger charge is 2.41. The quantitative estimate of drug-likeness (QED) is 0.659. The molecule has 9 heteroatoms. The number of benzene rings is 1. The Hall–Kier alpha value is -1.74. The van der Waals surface area contributed by atoms with Crippen LogP contribution in [-0.2, 0) is 19.6 Å². The number of nitrogen functional groups attached to an aromatic ring is 1. The van der Waals surface area contributed by atoms with E-state index in [1.165, 1.54) is 0 Å². The zero-order valence-electron chi connectivity index (χ0n) is 11.2. The molecule has 1 heterocycles. The van der Waals surface area contributed by atoms with Gasteiger partial charge in [0, 0.05) is 12.6 Å². The highest BCUT2D eigenvalue weighted by atomic mass is 32.2. The van der Waals surface area contributed by atoms with Crippen LogP contribution in [-0.4, -0.2) is 38.4 Å². The maximum absolute atomic E-state index is 13.8. The molecule has 0 bridgehead atoms. The van der Waals surface area contributed by atoms with Crippen molar-refractivity contribution in [1.29, 1.82) is 0 Å². The van der Waals surface area contributed by atoms with E-state index in [9.17, 15) is 22.0 Å². The van der Waals surface area contributed by atoms with Crippen molar-refractivity contribution >= 4 is 21.7 Å². The molecule has 1 unspecified atom stereocenters. The van der Waals surface area contributed by atoms with Crippen molar-refractivity contribution in [3.05, 3.63) is 23.8 Å². The van der Waals surface area contributed by atoms with E-state index in [2.05, 4.69) is 4.74 Å². The van der Waals surface area contributed by atoms with E-state index in [1.54, 1.807) is 0 Å². The number of esters is 1. The molecule has 21 heavy (non-hydrogen) atoms. The Morgan fingerprint density at radius 3 is 2.67 bits per heavy atom. The van der Waals surface area contributed by atoms with Gasteiger partial charge in [-0.15, -0.1) is 0 Å². The molecule has 0 saturated carbocycles. The van der Waals surface area contributed by atoms with Crippen LogP contribution >= 0.6 is 0 Å². The first-order chi connectivity index (χ1) is 9.78.